The van der Waals surface area contributed by atoms with Gasteiger partial charge >= 0.3 is 5.97 Å². The van der Waals surface area contributed by atoms with Crippen molar-refractivity contribution in [3.8, 4) is 0 Å². The van der Waals surface area contributed by atoms with Gasteiger partial charge in [0.1, 0.15) is 5.76 Å². The summed E-state index contributed by atoms with van der Waals surface area (Å²) in [6.45, 7) is 2.56. The van der Waals surface area contributed by atoms with E-state index in [-0.39, 0.29) is 22.0 Å². The number of amides is 1. The molecule has 0 aliphatic heterocycles. The third kappa shape index (κ3) is 4.19. The molecular weight excluding hydrogens is 336 g/mol. The van der Waals surface area contributed by atoms with E-state index in [4.69, 9.17) is 9.26 Å². The van der Waals surface area contributed by atoms with Crippen molar-refractivity contribution in [3.05, 3.63) is 41.7 Å². The lowest BCUT2D eigenvalue weighted by molar-refractivity contribution is -0.119. The maximum atomic E-state index is 12.1. The summed E-state index contributed by atoms with van der Waals surface area (Å²) in [6, 6.07) is 7.20. The number of ether oxygens (including phenoxy) is 1. The van der Waals surface area contributed by atoms with Gasteiger partial charge in [-0.15, -0.1) is 0 Å². The first kappa shape index (κ1) is 17.7. The van der Waals surface area contributed by atoms with Crippen LogP contribution in [0.2, 0.25) is 0 Å². The first-order chi connectivity index (χ1) is 11.3. The van der Waals surface area contributed by atoms with Crippen molar-refractivity contribution in [2.24, 2.45) is 0 Å². The minimum Gasteiger partial charge on any atom is -0.452 e. The zero-order chi connectivity index (χ0) is 17.7. The van der Waals surface area contributed by atoms with Gasteiger partial charge in [-0.05, 0) is 19.1 Å². The van der Waals surface area contributed by atoms with Gasteiger partial charge in [0.2, 0.25) is 0 Å². The number of nitrogens with zero attached hydrogens (tertiary/aromatic N) is 1. The third-order valence-electron chi connectivity index (χ3n) is 3.05. The molecule has 0 unspecified atom stereocenters. The van der Waals surface area contributed by atoms with Crippen LogP contribution >= 0.6 is 0 Å². The van der Waals surface area contributed by atoms with Gasteiger partial charge in [0.15, 0.2) is 22.3 Å². The Bertz CT molecular complexity index is 856. The number of aromatic nitrogens is 1. The Morgan fingerprint density at radius 1 is 1.29 bits per heavy atom. The van der Waals surface area contributed by atoms with Crippen LogP contribution in [0.4, 0.5) is 5.82 Å². The topological polar surface area (TPSA) is 116 Å². The predicted molar refractivity (Wildman–Crippen MR) is 84.3 cm³/mol. The van der Waals surface area contributed by atoms with Crippen molar-refractivity contribution in [1.82, 2.24) is 5.16 Å². The highest BCUT2D eigenvalue weighted by Gasteiger charge is 2.22. The Labute approximate surface area is 138 Å². The number of carbonyl (C=O) groups is 2. The van der Waals surface area contributed by atoms with Crippen LogP contribution in [-0.4, -0.2) is 37.8 Å². The first-order valence-corrected chi connectivity index (χ1v) is 8.71. The monoisotopic (exact) mass is 352 g/mol. The lowest BCUT2D eigenvalue weighted by Gasteiger charge is -2.09. The number of aryl methyl sites for hydroxylation is 1. The van der Waals surface area contributed by atoms with Crippen LogP contribution in [-0.2, 0) is 19.4 Å². The molecular formula is C15H16N2O6S. The van der Waals surface area contributed by atoms with E-state index >= 15 is 0 Å². The summed E-state index contributed by atoms with van der Waals surface area (Å²) in [5.74, 6) is -0.950. The number of hydrogen-bond acceptors (Lipinski definition) is 7. The fourth-order valence-corrected chi connectivity index (χ4v) is 2.96. The Hall–Kier alpha value is -2.68. The number of hydrogen-bond donors (Lipinski definition) is 1. The Morgan fingerprint density at radius 3 is 2.62 bits per heavy atom. The molecule has 0 saturated carbocycles. The highest BCUT2D eigenvalue weighted by Crippen LogP contribution is 2.18. The molecule has 0 saturated heterocycles. The number of rotatable bonds is 6. The van der Waals surface area contributed by atoms with E-state index in [1.165, 1.54) is 37.3 Å². The fourth-order valence-electron chi connectivity index (χ4n) is 1.88. The van der Waals surface area contributed by atoms with Crippen molar-refractivity contribution in [1.29, 1.82) is 0 Å². The zero-order valence-corrected chi connectivity index (χ0v) is 13.9. The molecule has 128 valence electrons. The second kappa shape index (κ2) is 7.26. The van der Waals surface area contributed by atoms with Crippen LogP contribution in [0.25, 0.3) is 0 Å². The van der Waals surface area contributed by atoms with E-state index < -0.39 is 28.3 Å². The average Bonchev–Trinajstić information content (AvgIpc) is 2.97. The summed E-state index contributed by atoms with van der Waals surface area (Å²) in [4.78, 5) is 23.7. The van der Waals surface area contributed by atoms with Crippen LogP contribution in [0.15, 0.2) is 39.8 Å². The maximum Gasteiger partial charge on any atom is 0.339 e. The molecule has 1 aromatic carbocycles. The molecule has 24 heavy (non-hydrogen) atoms. The Morgan fingerprint density at radius 2 is 2.00 bits per heavy atom. The molecule has 0 spiro atoms. The molecule has 1 amide bonds. The highest BCUT2D eigenvalue weighted by atomic mass is 32.2. The number of nitrogens with one attached hydrogen (secondary N) is 1. The van der Waals surface area contributed by atoms with Gasteiger partial charge < -0.3 is 14.6 Å². The molecule has 0 aliphatic rings. The molecule has 0 atom stereocenters. The lowest BCUT2D eigenvalue weighted by Crippen LogP contribution is -2.22. The molecule has 9 heteroatoms. The lowest BCUT2D eigenvalue weighted by atomic mass is 10.2. The molecule has 0 bridgehead atoms. The largest absolute Gasteiger partial charge is 0.452 e. The molecule has 2 aromatic rings. The summed E-state index contributed by atoms with van der Waals surface area (Å²) < 4.78 is 33.7. The molecule has 0 radical (unpaired) electrons. The van der Waals surface area contributed by atoms with E-state index in [1.54, 1.807) is 6.92 Å². The smallest absolute Gasteiger partial charge is 0.339 e. The number of sulfone groups is 1. The van der Waals surface area contributed by atoms with Gasteiger partial charge in [0.05, 0.1) is 16.2 Å². The highest BCUT2D eigenvalue weighted by molar-refractivity contribution is 7.91. The van der Waals surface area contributed by atoms with E-state index in [2.05, 4.69) is 10.5 Å². The molecule has 1 heterocycles. The number of anilines is 1. The summed E-state index contributed by atoms with van der Waals surface area (Å²) in [7, 11) is -3.58. The number of carbonyl (C=O) groups excluding carboxylic acids is 2. The standard InChI is InChI=1S/C15H16N2O6S/c1-3-24(20,21)12-7-5-4-6-11(12)15(19)22-9-14(18)16-13-8-10(2)23-17-13/h4-8H,3,9H2,1-2H3,(H,16,17,18). The molecule has 0 aliphatic carbocycles. The van der Waals surface area contributed by atoms with Crippen molar-refractivity contribution in [3.63, 3.8) is 0 Å². The van der Waals surface area contributed by atoms with Gasteiger partial charge in [0, 0.05) is 6.07 Å². The molecule has 1 aromatic heterocycles. The van der Waals surface area contributed by atoms with Crippen LogP contribution < -0.4 is 5.32 Å². The number of benzene rings is 1. The van der Waals surface area contributed by atoms with Gasteiger partial charge in [-0.2, -0.15) is 0 Å². The fraction of sp³-hybridized carbons (Fsp3) is 0.267. The van der Waals surface area contributed by atoms with Gasteiger partial charge in [-0.3, -0.25) is 4.79 Å². The summed E-state index contributed by atoms with van der Waals surface area (Å²) >= 11 is 0. The van der Waals surface area contributed by atoms with Crippen molar-refractivity contribution >= 4 is 27.5 Å². The maximum absolute atomic E-state index is 12.1. The van der Waals surface area contributed by atoms with E-state index in [1.807, 2.05) is 0 Å². The Kier molecular flexibility index (Phi) is 5.35. The minimum absolute atomic E-state index is 0.107. The second-order valence-corrected chi connectivity index (χ2v) is 7.09. The first-order valence-electron chi connectivity index (χ1n) is 7.05. The van der Waals surface area contributed by atoms with Gasteiger partial charge in [0.25, 0.3) is 5.91 Å². The Balaban J connectivity index is 2.04. The molecule has 8 nitrogen and oxygen atoms in total. The number of esters is 1. The second-order valence-electron chi connectivity index (χ2n) is 4.85. The predicted octanol–water partition coefficient (Wildman–Crippen LogP) is 1.57. The zero-order valence-electron chi connectivity index (χ0n) is 13.1. The van der Waals surface area contributed by atoms with E-state index in [9.17, 15) is 18.0 Å². The molecule has 0 fully saturated rings. The van der Waals surface area contributed by atoms with Crippen molar-refractivity contribution in [2.45, 2.75) is 18.7 Å². The van der Waals surface area contributed by atoms with Crippen LogP contribution in [0.1, 0.15) is 23.0 Å². The van der Waals surface area contributed by atoms with Crippen LogP contribution in [0, 0.1) is 6.92 Å². The quantitative estimate of drug-likeness (QED) is 0.784. The molecule has 2 rings (SSSR count). The third-order valence-corrected chi connectivity index (χ3v) is 4.84. The van der Waals surface area contributed by atoms with Crippen molar-refractivity contribution in [2.75, 3.05) is 17.7 Å². The summed E-state index contributed by atoms with van der Waals surface area (Å²) in [5.41, 5.74) is -0.107. The minimum atomic E-state index is -3.58. The summed E-state index contributed by atoms with van der Waals surface area (Å²) in [5, 5.41) is 5.96. The van der Waals surface area contributed by atoms with E-state index in [0.717, 1.165) is 0 Å². The average molecular weight is 352 g/mol. The molecule has 1 N–H and O–H groups in total. The summed E-state index contributed by atoms with van der Waals surface area (Å²) in [6.07, 6.45) is 0. The van der Waals surface area contributed by atoms with Gasteiger partial charge in [-0.1, -0.05) is 24.2 Å². The van der Waals surface area contributed by atoms with E-state index in [0.29, 0.717) is 5.76 Å². The van der Waals surface area contributed by atoms with Crippen LogP contribution in [0.5, 0.6) is 0 Å². The van der Waals surface area contributed by atoms with Crippen LogP contribution in [0.3, 0.4) is 0 Å². The van der Waals surface area contributed by atoms with Gasteiger partial charge in [-0.25, -0.2) is 13.2 Å². The normalized spacial score (nSPS) is 11.1. The van der Waals surface area contributed by atoms with Crippen molar-refractivity contribution < 1.29 is 27.3 Å². The SMILES string of the molecule is CCS(=O)(=O)c1ccccc1C(=O)OCC(=O)Nc1cc(C)on1.